The number of fused-ring (bicyclic) bond motifs is 1. The van der Waals surface area contributed by atoms with Crippen LogP contribution in [0.2, 0.25) is 0 Å². The monoisotopic (exact) mass is 511 g/mol. The highest BCUT2D eigenvalue weighted by molar-refractivity contribution is 5.92. The first-order valence-corrected chi connectivity index (χ1v) is 12.8. The number of hydrogen-bond donors (Lipinski definition) is 4. The lowest BCUT2D eigenvalue weighted by Crippen LogP contribution is -2.57. The summed E-state index contributed by atoms with van der Waals surface area (Å²) in [6.45, 7) is 12.8. The average molecular weight is 512 g/mol. The number of nitrogens with one attached hydrogen (secondary N) is 4. The van der Waals surface area contributed by atoms with E-state index < -0.39 is 29.7 Å². The Morgan fingerprint density at radius 2 is 1.68 bits per heavy atom. The van der Waals surface area contributed by atoms with E-state index in [0.717, 1.165) is 16.5 Å². The number of benzene rings is 1. The molecule has 0 saturated carbocycles. The number of nitriles is 1. The Morgan fingerprint density at radius 3 is 2.27 bits per heavy atom. The number of rotatable bonds is 11. The predicted octanol–water partition coefficient (Wildman–Crippen LogP) is 4.19. The normalized spacial score (nSPS) is 14.1. The second-order valence-electron chi connectivity index (χ2n) is 11.0. The Bertz CT molecular complexity index is 1110. The zero-order chi connectivity index (χ0) is 27.8. The van der Waals surface area contributed by atoms with Gasteiger partial charge >= 0.3 is 6.09 Å². The maximum atomic E-state index is 13.5. The third-order valence-electron chi connectivity index (χ3n) is 6.05. The molecule has 9 nitrogen and oxygen atoms in total. The van der Waals surface area contributed by atoms with Gasteiger partial charge in [-0.1, -0.05) is 45.9 Å². The molecular formula is C28H41N5O4. The molecule has 0 radical (unpaired) electrons. The van der Waals surface area contributed by atoms with E-state index in [0.29, 0.717) is 12.8 Å². The largest absolute Gasteiger partial charge is 0.444 e. The lowest BCUT2D eigenvalue weighted by molar-refractivity contribution is -0.131. The number of aromatic nitrogens is 1. The predicted molar refractivity (Wildman–Crippen MR) is 144 cm³/mol. The van der Waals surface area contributed by atoms with E-state index >= 15 is 0 Å². The Hall–Kier alpha value is -3.54. The number of para-hydroxylation sites is 1. The molecule has 2 aromatic rings. The minimum absolute atomic E-state index is 0.110. The number of aromatic amines is 1. The molecule has 0 aliphatic rings. The van der Waals surface area contributed by atoms with Gasteiger partial charge in [-0.25, -0.2) is 4.79 Å². The van der Waals surface area contributed by atoms with Crippen molar-refractivity contribution in [1.29, 1.82) is 5.26 Å². The Labute approximate surface area is 219 Å². The summed E-state index contributed by atoms with van der Waals surface area (Å²) in [5.74, 6) is -0.948. The number of ether oxygens (including phenoxy) is 1. The molecule has 1 aromatic heterocycles. The van der Waals surface area contributed by atoms with Crippen LogP contribution in [0.3, 0.4) is 0 Å². The van der Waals surface area contributed by atoms with Crippen molar-refractivity contribution in [1.82, 2.24) is 20.9 Å². The topological polar surface area (TPSA) is 136 Å². The van der Waals surface area contributed by atoms with Crippen molar-refractivity contribution in [3.05, 3.63) is 36.0 Å². The third kappa shape index (κ3) is 9.12. The molecule has 0 saturated heterocycles. The van der Waals surface area contributed by atoms with E-state index in [-0.39, 0.29) is 30.2 Å². The molecular weight excluding hydrogens is 470 g/mol. The number of carbonyl (C=O) groups is 3. The van der Waals surface area contributed by atoms with E-state index in [4.69, 9.17) is 10.00 Å². The summed E-state index contributed by atoms with van der Waals surface area (Å²) in [4.78, 5) is 42.5. The maximum Gasteiger partial charge on any atom is 0.408 e. The second kappa shape index (κ2) is 13.1. The summed E-state index contributed by atoms with van der Waals surface area (Å²) in [5, 5.41) is 18.5. The molecule has 1 aromatic carbocycles. The highest BCUT2D eigenvalue weighted by Gasteiger charge is 2.31. The van der Waals surface area contributed by atoms with E-state index in [9.17, 15) is 14.4 Å². The first kappa shape index (κ1) is 29.7. The number of hydrogen-bond acceptors (Lipinski definition) is 5. The van der Waals surface area contributed by atoms with Crippen LogP contribution in [0.25, 0.3) is 10.9 Å². The molecule has 202 valence electrons. The van der Waals surface area contributed by atoms with Crippen LogP contribution >= 0.6 is 0 Å². The maximum absolute atomic E-state index is 13.5. The van der Waals surface area contributed by atoms with Gasteiger partial charge in [-0.15, -0.1) is 0 Å². The summed E-state index contributed by atoms with van der Waals surface area (Å²) in [5.41, 5.74) is 1.11. The summed E-state index contributed by atoms with van der Waals surface area (Å²) in [7, 11) is 0. The average Bonchev–Trinajstić information content (AvgIpc) is 3.20. The SMILES string of the molecule is CC(C)C(CCC#N)NC(=O)[C@H](Cc1c[nH]c2ccccc12)NC(=O)[C@@H](NC(=O)OC(C)(C)C)C(C)C. The van der Waals surface area contributed by atoms with Crippen molar-refractivity contribution >= 4 is 28.8 Å². The number of nitrogens with zero attached hydrogens (tertiary/aromatic N) is 1. The number of carbonyl (C=O) groups excluding carboxylic acids is 3. The van der Waals surface area contributed by atoms with E-state index in [2.05, 4.69) is 27.0 Å². The fraction of sp³-hybridized carbons (Fsp3) is 0.571. The molecule has 1 unspecified atom stereocenters. The number of amides is 3. The van der Waals surface area contributed by atoms with Crippen LogP contribution in [0.5, 0.6) is 0 Å². The van der Waals surface area contributed by atoms with Crippen molar-refractivity contribution in [2.24, 2.45) is 11.8 Å². The Balaban J connectivity index is 2.29. The summed E-state index contributed by atoms with van der Waals surface area (Å²) < 4.78 is 5.33. The molecule has 0 fully saturated rings. The molecule has 0 aliphatic carbocycles. The zero-order valence-electron chi connectivity index (χ0n) is 23.0. The second-order valence-corrected chi connectivity index (χ2v) is 11.0. The third-order valence-corrected chi connectivity index (χ3v) is 6.05. The molecule has 3 amide bonds. The quantitative estimate of drug-likeness (QED) is 0.359. The van der Waals surface area contributed by atoms with Crippen molar-refractivity contribution in [2.45, 2.75) is 91.5 Å². The minimum atomic E-state index is -0.896. The molecule has 1 heterocycles. The summed E-state index contributed by atoms with van der Waals surface area (Å²) >= 11 is 0. The first-order chi connectivity index (χ1) is 17.3. The fourth-order valence-corrected chi connectivity index (χ4v) is 4.04. The molecule has 9 heteroatoms. The number of alkyl carbamates (subject to hydrolysis) is 1. The molecule has 3 atom stereocenters. The van der Waals surface area contributed by atoms with E-state index in [1.807, 2.05) is 58.2 Å². The van der Waals surface area contributed by atoms with Gasteiger partial charge in [-0.3, -0.25) is 9.59 Å². The van der Waals surface area contributed by atoms with Gasteiger partial charge in [0.05, 0.1) is 6.07 Å². The van der Waals surface area contributed by atoms with Gasteiger partial charge in [0.1, 0.15) is 17.7 Å². The lowest BCUT2D eigenvalue weighted by Gasteiger charge is -2.28. The summed E-state index contributed by atoms with van der Waals surface area (Å²) in [6.07, 6.45) is 2.23. The highest BCUT2D eigenvalue weighted by Crippen LogP contribution is 2.20. The molecule has 0 bridgehead atoms. The van der Waals surface area contributed by atoms with Crippen LogP contribution in [0.4, 0.5) is 4.79 Å². The van der Waals surface area contributed by atoms with Crippen LogP contribution < -0.4 is 16.0 Å². The van der Waals surface area contributed by atoms with Gasteiger partial charge in [0.2, 0.25) is 11.8 Å². The first-order valence-electron chi connectivity index (χ1n) is 12.8. The van der Waals surface area contributed by atoms with Crippen molar-refractivity contribution in [3.63, 3.8) is 0 Å². The van der Waals surface area contributed by atoms with Crippen molar-refractivity contribution in [3.8, 4) is 6.07 Å². The van der Waals surface area contributed by atoms with Crippen LogP contribution in [-0.4, -0.2) is 46.6 Å². The highest BCUT2D eigenvalue weighted by atomic mass is 16.6. The van der Waals surface area contributed by atoms with Gasteiger partial charge in [0.25, 0.3) is 0 Å². The van der Waals surface area contributed by atoms with Gasteiger partial charge < -0.3 is 25.7 Å². The van der Waals surface area contributed by atoms with Gasteiger partial charge in [0, 0.05) is 36.0 Å². The Morgan fingerprint density at radius 1 is 1.00 bits per heavy atom. The fourth-order valence-electron chi connectivity index (χ4n) is 4.04. The van der Waals surface area contributed by atoms with Gasteiger partial charge in [-0.05, 0) is 50.7 Å². The van der Waals surface area contributed by atoms with E-state index in [1.54, 1.807) is 20.8 Å². The Kier molecular flexibility index (Phi) is 10.5. The van der Waals surface area contributed by atoms with Crippen LogP contribution in [0.1, 0.15) is 66.9 Å². The lowest BCUT2D eigenvalue weighted by atomic mass is 9.97. The standard InChI is InChI=1S/C28H41N5O4/c1-17(2)21(13-10-14-29)31-25(34)23(15-19-16-30-22-12-9-8-11-20(19)22)32-26(35)24(18(3)4)33-27(36)37-28(5,6)7/h8-9,11-12,16-18,21,23-24,30H,10,13,15H2,1-7H3,(H,31,34)(H,32,35)(H,33,36)/t21?,23-,24-/m0/s1. The van der Waals surface area contributed by atoms with Gasteiger partial charge in [-0.2, -0.15) is 5.26 Å². The zero-order valence-corrected chi connectivity index (χ0v) is 23.0. The number of H-pyrrole nitrogens is 1. The summed E-state index contributed by atoms with van der Waals surface area (Å²) in [6, 6.07) is 7.88. The minimum Gasteiger partial charge on any atom is -0.444 e. The van der Waals surface area contributed by atoms with Crippen LogP contribution in [0, 0.1) is 23.2 Å². The van der Waals surface area contributed by atoms with Gasteiger partial charge in [0.15, 0.2) is 0 Å². The van der Waals surface area contributed by atoms with Crippen LogP contribution in [-0.2, 0) is 20.7 Å². The van der Waals surface area contributed by atoms with Crippen molar-refractivity contribution < 1.29 is 19.1 Å². The van der Waals surface area contributed by atoms with Crippen LogP contribution in [0.15, 0.2) is 30.5 Å². The molecule has 0 aliphatic heterocycles. The van der Waals surface area contributed by atoms with Crippen molar-refractivity contribution in [2.75, 3.05) is 0 Å². The van der Waals surface area contributed by atoms with E-state index in [1.165, 1.54) is 0 Å². The smallest absolute Gasteiger partial charge is 0.408 e. The molecule has 37 heavy (non-hydrogen) atoms. The molecule has 0 spiro atoms. The molecule has 4 N–H and O–H groups in total. The molecule has 2 rings (SSSR count).